The summed E-state index contributed by atoms with van der Waals surface area (Å²) in [5.41, 5.74) is 5.98. The van der Waals surface area contributed by atoms with Crippen LogP contribution in [0.25, 0.3) is 10.8 Å². The van der Waals surface area contributed by atoms with Gasteiger partial charge in [0, 0.05) is 11.1 Å². The van der Waals surface area contributed by atoms with Crippen molar-refractivity contribution in [2.24, 2.45) is 0 Å². The van der Waals surface area contributed by atoms with Gasteiger partial charge in [-0.3, -0.25) is 0 Å². The normalized spacial score (nSPS) is 9.39. The van der Waals surface area contributed by atoms with Gasteiger partial charge in [0.1, 0.15) is 17.4 Å². The molecule has 0 aliphatic heterocycles. The first kappa shape index (κ1) is 20.6. The van der Waals surface area contributed by atoms with E-state index in [0.717, 1.165) is 6.07 Å². The Bertz CT molecular complexity index is 695. The zero-order valence-corrected chi connectivity index (χ0v) is 13.9. The van der Waals surface area contributed by atoms with E-state index in [4.69, 9.17) is 11.0 Å². The molecular formula is C17H21F3N2O. The molecule has 0 radical (unpaired) electrons. The lowest BCUT2D eigenvalue weighted by Gasteiger charge is -2.13. The van der Waals surface area contributed by atoms with Crippen LogP contribution in [0.2, 0.25) is 0 Å². The summed E-state index contributed by atoms with van der Waals surface area (Å²) in [5, 5.41) is 9.44. The summed E-state index contributed by atoms with van der Waals surface area (Å²) < 4.78 is 42.9. The van der Waals surface area contributed by atoms with Gasteiger partial charge < -0.3 is 10.5 Å². The van der Waals surface area contributed by atoms with Crippen LogP contribution in [0.5, 0.6) is 5.75 Å². The monoisotopic (exact) mass is 326 g/mol. The molecule has 0 heterocycles. The zero-order valence-electron chi connectivity index (χ0n) is 13.9. The Balaban J connectivity index is 0.00000112. The third-order valence-corrected chi connectivity index (χ3v) is 2.68. The molecule has 3 nitrogen and oxygen atoms in total. The predicted molar refractivity (Wildman–Crippen MR) is 87.1 cm³/mol. The minimum absolute atomic E-state index is 0.257. The molecule has 0 saturated heterocycles. The third-order valence-electron chi connectivity index (χ3n) is 2.68. The number of nitriles is 1. The van der Waals surface area contributed by atoms with Crippen molar-refractivity contribution in [3.05, 3.63) is 35.1 Å². The summed E-state index contributed by atoms with van der Waals surface area (Å²) in [6, 6.07) is 5.59. The van der Waals surface area contributed by atoms with E-state index in [9.17, 15) is 13.2 Å². The van der Waals surface area contributed by atoms with E-state index in [1.807, 2.05) is 27.7 Å². The fourth-order valence-electron chi connectivity index (χ4n) is 2.02. The number of anilines is 1. The van der Waals surface area contributed by atoms with E-state index >= 15 is 0 Å². The molecule has 0 aliphatic rings. The van der Waals surface area contributed by atoms with Crippen molar-refractivity contribution in [3.8, 4) is 11.8 Å². The van der Waals surface area contributed by atoms with Crippen molar-refractivity contribution < 1.29 is 17.9 Å². The number of benzene rings is 2. The molecule has 126 valence electrons. The van der Waals surface area contributed by atoms with E-state index in [-0.39, 0.29) is 5.39 Å². The van der Waals surface area contributed by atoms with Gasteiger partial charge in [-0.1, -0.05) is 27.7 Å². The number of hydrogen-bond donors (Lipinski definition) is 1. The Morgan fingerprint density at radius 2 is 1.70 bits per heavy atom. The molecule has 2 aromatic rings. The van der Waals surface area contributed by atoms with Gasteiger partial charge in [-0.25, -0.2) is 4.39 Å². The van der Waals surface area contributed by atoms with Crippen LogP contribution in [0.4, 0.5) is 18.9 Å². The highest BCUT2D eigenvalue weighted by atomic mass is 19.3. The topological polar surface area (TPSA) is 59.0 Å². The number of rotatable bonds is 2. The molecular weight excluding hydrogens is 305 g/mol. The van der Waals surface area contributed by atoms with Crippen molar-refractivity contribution in [2.45, 2.75) is 41.2 Å². The molecule has 23 heavy (non-hydrogen) atoms. The molecule has 2 N–H and O–H groups in total. The summed E-state index contributed by atoms with van der Waals surface area (Å²) in [7, 11) is 0. The smallest absolute Gasteiger partial charge is 0.387 e. The van der Waals surface area contributed by atoms with Crippen molar-refractivity contribution in [3.63, 3.8) is 0 Å². The zero-order chi connectivity index (χ0) is 18.2. The number of alkyl halides is 2. The van der Waals surface area contributed by atoms with Crippen molar-refractivity contribution in [1.29, 1.82) is 5.26 Å². The van der Waals surface area contributed by atoms with Crippen molar-refractivity contribution >= 4 is 16.5 Å². The summed E-state index contributed by atoms with van der Waals surface area (Å²) in [4.78, 5) is 0. The largest absolute Gasteiger partial charge is 0.433 e. The van der Waals surface area contributed by atoms with Crippen LogP contribution in [0.15, 0.2) is 18.2 Å². The van der Waals surface area contributed by atoms with Gasteiger partial charge in [-0.2, -0.15) is 14.0 Å². The lowest BCUT2D eigenvalue weighted by molar-refractivity contribution is -0.0491. The Labute approximate surface area is 134 Å². The molecule has 0 spiro atoms. The SMILES string of the molecule is CC.CC.Cc1cc(N)cc2cc(F)c(C#N)c(OC(F)F)c12. The fraction of sp³-hybridized carbons (Fsp3) is 0.353. The minimum atomic E-state index is -3.14. The van der Waals surface area contributed by atoms with Crippen LogP contribution < -0.4 is 10.5 Å². The van der Waals surface area contributed by atoms with Gasteiger partial charge in [-0.15, -0.1) is 0 Å². The number of hydrogen-bond acceptors (Lipinski definition) is 3. The number of ether oxygens (including phenoxy) is 1. The van der Waals surface area contributed by atoms with Crippen molar-refractivity contribution in [1.82, 2.24) is 0 Å². The maximum atomic E-state index is 13.7. The molecule has 2 rings (SSSR count). The average molecular weight is 326 g/mol. The predicted octanol–water partition coefficient (Wildman–Crippen LogP) is 5.40. The summed E-state index contributed by atoms with van der Waals surface area (Å²) >= 11 is 0. The molecule has 0 fully saturated rings. The van der Waals surface area contributed by atoms with Crippen LogP contribution >= 0.6 is 0 Å². The second-order valence-electron chi connectivity index (χ2n) is 3.99. The van der Waals surface area contributed by atoms with Gasteiger partial charge in [0.15, 0.2) is 5.75 Å². The number of aryl methyl sites for hydroxylation is 1. The third kappa shape index (κ3) is 4.78. The maximum Gasteiger partial charge on any atom is 0.387 e. The highest BCUT2D eigenvalue weighted by molar-refractivity contribution is 5.95. The minimum Gasteiger partial charge on any atom is -0.433 e. The van der Waals surface area contributed by atoms with E-state index in [1.54, 1.807) is 13.0 Å². The van der Waals surface area contributed by atoms with E-state index in [2.05, 4.69) is 4.74 Å². The van der Waals surface area contributed by atoms with Crippen LogP contribution in [-0.2, 0) is 0 Å². The quantitative estimate of drug-likeness (QED) is 0.752. The van der Waals surface area contributed by atoms with Gasteiger partial charge >= 0.3 is 6.61 Å². The lowest BCUT2D eigenvalue weighted by atomic mass is 10.00. The summed E-state index contributed by atoms with van der Waals surface area (Å²) in [6.45, 7) is 6.48. The summed E-state index contributed by atoms with van der Waals surface area (Å²) in [5.74, 6) is -1.37. The standard InChI is InChI=1S/C13H9F3N2O.2C2H6/c1-6-2-8(18)3-7-4-10(14)9(5-17)12(11(6)7)19-13(15)16;2*1-2/h2-4,13H,18H2,1H3;2*1-2H3. The number of nitrogen functional groups attached to an aromatic ring is 1. The number of fused-ring (bicyclic) bond motifs is 1. The average Bonchev–Trinajstić information content (AvgIpc) is 2.50. The Hall–Kier alpha value is -2.42. The van der Waals surface area contributed by atoms with Crippen LogP contribution in [-0.4, -0.2) is 6.61 Å². The molecule has 2 aromatic carbocycles. The number of nitrogens with zero attached hydrogens (tertiary/aromatic N) is 1. The first-order chi connectivity index (χ1) is 10.9. The van der Waals surface area contributed by atoms with Crippen molar-refractivity contribution in [2.75, 3.05) is 5.73 Å². The fourth-order valence-corrected chi connectivity index (χ4v) is 2.02. The highest BCUT2D eigenvalue weighted by Gasteiger charge is 2.19. The highest BCUT2D eigenvalue weighted by Crippen LogP contribution is 2.36. The second kappa shape index (κ2) is 9.57. The number of halogens is 3. The van der Waals surface area contributed by atoms with E-state index < -0.39 is 23.7 Å². The Kier molecular flexibility index (Phi) is 8.56. The number of nitrogens with two attached hydrogens (primary N) is 1. The second-order valence-corrected chi connectivity index (χ2v) is 3.99. The van der Waals surface area contributed by atoms with E-state index in [0.29, 0.717) is 16.6 Å². The summed E-state index contributed by atoms with van der Waals surface area (Å²) in [6.07, 6.45) is 0. The van der Waals surface area contributed by atoms with Crippen LogP contribution in [0, 0.1) is 24.1 Å². The van der Waals surface area contributed by atoms with Gasteiger partial charge in [-0.05, 0) is 36.1 Å². The van der Waals surface area contributed by atoms with Crippen LogP contribution in [0.3, 0.4) is 0 Å². The van der Waals surface area contributed by atoms with Gasteiger partial charge in [0.05, 0.1) is 0 Å². The molecule has 0 atom stereocenters. The molecule has 0 bridgehead atoms. The van der Waals surface area contributed by atoms with Gasteiger partial charge in [0.25, 0.3) is 0 Å². The molecule has 0 aromatic heterocycles. The first-order valence-electron chi connectivity index (χ1n) is 7.31. The van der Waals surface area contributed by atoms with Gasteiger partial charge in [0.2, 0.25) is 0 Å². The molecule has 0 amide bonds. The molecule has 6 heteroatoms. The molecule has 0 aliphatic carbocycles. The Morgan fingerprint density at radius 1 is 1.13 bits per heavy atom. The molecule has 0 unspecified atom stereocenters. The first-order valence-corrected chi connectivity index (χ1v) is 7.31. The lowest BCUT2D eigenvalue weighted by Crippen LogP contribution is -2.06. The maximum absolute atomic E-state index is 13.7. The molecule has 0 saturated carbocycles. The van der Waals surface area contributed by atoms with E-state index in [1.165, 1.54) is 12.1 Å². The van der Waals surface area contributed by atoms with Crippen LogP contribution in [0.1, 0.15) is 38.8 Å². The Morgan fingerprint density at radius 3 is 2.17 bits per heavy atom.